The summed E-state index contributed by atoms with van der Waals surface area (Å²) in [5.41, 5.74) is 2.58. The van der Waals surface area contributed by atoms with Crippen molar-refractivity contribution in [2.45, 2.75) is 129 Å². The van der Waals surface area contributed by atoms with E-state index in [1.54, 1.807) is 0 Å². The zero-order valence-corrected chi connectivity index (χ0v) is 24.5. The van der Waals surface area contributed by atoms with Crippen LogP contribution in [0.15, 0.2) is 48.5 Å². The summed E-state index contributed by atoms with van der Waals surface area (Å²) >= 11 is 1.86. The molecule has 0 aliphatic heterocycles. The summed E-state index contributed by atoms with van der Waals surface area (Å²) in [4.78, 5) is 4.96. The number of hydrogen-bond acceptors (Lipinski definition) is 3. The summed E-state index contributed by atoms with van der Waals surface area (Å²) in [6, 6.07) is 17.5. The molecule has 0 aliphatic rings. The molecule has 37 heavy (non-hydrogen) atoms. The molecule has 204 valence electrons. The molecule has 0 N–H and O–H groups in total. The average Bonchev–Trinajstić information content (AvgIpc) is 3.34. The number of aromatic nitrogens is 1. The predicted molar refractivity (Wildman–Crippen MR) is 163 cm³/mol. The predicted octanol–water partition coefficient (Wildman–Crippen LogP) is 11.3. The molecule has 0 saturated carbocycles. The van der Waals surface area contributed by atoms with E-state index in [2.05, 4.69) is 62.4 Å². The maximum Gasteiger partial charge on any atom is 0.119 e. The first-order valence-corrected chi connectivity index (χ1v) is 16.2. The Morgan fingerprint density at radius 2 is 1.27 bits per heavy atom. The Hall–Kier alpha value is -1.87. The molecule has 0 radical (unpaired) electrons. The lowest BCUT2D eigenvalue weighted by Crippen LogP contribution is -2.04. The third kappa shape index (κ3) is 11.6. The molecule has 0 fully saturated rings. The monoisotopic (exact) mass is 521 g/mol. The topological polar surface area (TPSA) is 22.1 Å². The maximum atomic E-state index is 6.07. The van der Waals surface area contributed by atoms with E-state index in [9.17, 15) is 0 Å². The number of hydrogen-bond donors (Lipinski definition) is 0. The van der Waals surface area contributed by atoms with Crippen LogP contribution in [0, 0.1) is 0 Å². The van der Waals surface area contributed by atoms with Crippen molar-refractivity contribution in [2.24, 2.45) is 0 Å². The molecule has 2 nitrogen and oxygen atoms in total. The van der Waals surface area contributed by atoms with Gasteiger partial charge in [0.2, 0.25) is 0 Å². The zero-order valence-electron chi connectivity index (χ0n) is 23.7. The first kappa shape index (κ1) is 29.7. The fraction of sp³-hybridized carbons (Fsp3) is 0.618. The third-order valence-corrected chi connectivity index (χ3v) is 8.59. The molecule has 0 amide bonds. The molecule has 0 aliphatic carbocycles. The van der Waals surface area contributed by atoms with Crippen molar-refractivity contribution in [1.82, 2.24) is 4.98 Å². The Bertz CT molecular complexity index is 930. The number of para-hydroxylation sites is 1. The van der Waals surface area contributed by atoms with E-state index in [-0.39, 0.29) is 0 Å². The van der Waals surface area contributed by atoms with Gasteiger partial charge in [-0.1, -0.05) is 128 Å². The highest BCUT2D eigenvalue weighted by Gasteiger charge is 2.15. The maximum absolute atomic E-state index is 6.07. The Balaban J connectivity index is 1.49. The second kappa shape index (κ2) is 18.4. The molecular formula is C34H51NOS. The number of benzene rings is 2. The van der Waals surface area contributed by atoms with Crippen LogP contribution >= 0.6 is 11.3 Å². The highest BCUT2D eigenvalue weighted by Crippen LogP contribution is 2.32. The number of nitrogens with zero attached hydrogens (tertiary/aromatic N) is 1. The molecule has 0 bridgehead atoms. The smallest absolute Gasteiger partial charge is 0.119 e. The minimum atomic E-state index is 0.526. The normalized spacial score (nSPS) is 12.3. The van der Waals surface area contributed by atoms with Crippen LogP contribution in [-0.4, -0.2) is 11.6 Å². The summed E-state index contributed by atoms with van der Waals surface area (Å²) < 4.78 is 7.37. The summed E-state index contributed by atoms with van der Waals surface area (Å²) in [6.45, 7) is 5.40. The van der Waals surface area contributed by atoms with Gasteiger partial charge in [0.25, 0.3) is 0 Å². The van der Waals surface area contributed by atoms with Gasteiger partial charge in [-0.25, -0.2) is 4.98 Å². The molecule has 3 aromatic rings. The number of rotatable bonds is 21. The van der Waals surface area contributed by atoms with Gasteiger partial charge in [0, 0.05) is 6.42 Å². The first-order chi connectivity index (χ1) is 18.3. The highest BCUT2D eigenvalue weighted by molar-refractivity contribution is 7.18. The number of fused-ring (bicyclic) bond motifs is 1. The summed E-state index contributed by atoms with van der Waals surface area (Å²) in [5.74, 6) is 1.54. The van der Waals surface area contributed by atoms with Crippen LogP contribution in [0.25, 0.3) is 10.2 Å². The van der Waals surface area contributed by atoms with Gasteiger partial charge >= 0.3 is 0 Å². The number of thiazole rings is 1. The Kier molecular flexibility index (Phi) is 14.8. The van der Waals surface area contributed by atoms with Gasteiger partial charge in [0.05, 0.1) is 21.8 Å². The lowest BCUT2D eigenvalue weighted by atomic mass is 9.90. The van der Waals surface area contributed by atoms with E-state index < -0.39 is 0 Å². The van der Waals surface area contributed by atoms with E-state index in [1.807, 2.05) is 11.3 Å². The highest BCUT2D eigenvalue weighted by atomic mass is 32.1. The number of ether oxygens (including phenoxy) is 1. The quantitative estimate of drug-likeness (QED) is 0.130. The van der Waals surface area contributed by atoms with Crippen LogP contribution in [-0.2, 0) is 6.42 Å². The average molecular weight is 522 g/mol. The summed E-state index contributed by atoms with van der Waals surface area (Å²) in [7, 11) is 0. The van der Waals surface area contributed by atoms with Gasteiger partial charge in [-0.2, -0.15) is 0 Å². The summed E-state index contributed by atoms with van der Waals surface area (Å²) in [5, 5.41) is 1.27. The van der Waals surface area contributed by atoms with Gasteiger partial charge < -0.3 is 4.74 Å². The van der Waals surface area contributed by atoms with Gasteiger partial charge in [-0.05, 0) is 48.6 Å². The van der Waals surface area contributed by atoms with Gasteiger partial charge in [0.15, 0.2) is 0 Å². The van der Waals surface area contributed by atoms with Crippen LogP contribution in [0.1, 0.15) is 133 Å². The molecule has 0 spiro atoms. The fourth-order valence-corrected chi connectivity index (χ4v) is 6.26. The van der Waals surface area contributed by atoms with Crippen LogP contribution in [0.3, 0.4) is 0 Å². The largest absolute Gasteiger partial charge is 0.494 e. The molecule has 1 unspecified atom stereocenters. The van der Waals surface area contributed by atoms with Crippen molar-refractivity contribution in [3.05, 3.63) is 59.1 Å². The van der Waals surface area contributed by atoms with Crippen molar-refractivity contribution < 1.29 is 4.74 Å². The Morgan fingerprint density at radius 1 is 0.676 bits per heavy atom. The third-order valence-electron chi connectivity index (χ3n) is 7.53. The van der Waals surface area contributed by atoms with Crippen molar-refractivity contribution >= 4 is 21.6 Å². The van der Waals surface area contributed by atoms with E-state index >= 15 is 0 Å². The first-order valence-electron chi connectivity index (χ1n) is 15.4. The van der Waals surface area contributed by atoms with E-state index in [0.717, 1.165) is 30.7 Å². The van der Waals surface area contributed by atoms with Crippen LogP contribution in [0.4, 0.5) is 0 Å². The van der Waals surface area contributed by atoms with Crippen molar-refractivity contribution in [3.8, 4) is 5.75 Å². The molecule has 2 aromatic carbocycles. The fourth-order valence-electron chi connectivity index (χ4n) is 5.21. The van der Waals surface area contributed by atoms with Gasteiger partial charge in [0.1, 0.15) is 5.75 Å². The molecule has 1 aromatic heterocycles. The van der Waals surface area contributed by atoms with E-state index in [1.165, 1.54) is 112 Å². The lowest BCUT2D eigenvalue weighted by Gasteiger charge is -2.17. The minimum absolute atomic E-state index is 0.526. The Morgan fingerprint density at radius 3 is 1.92 bits per heavy atom. The molecule has 1 atom stereocenters. The molecule has 3 heteroatoms. The van der Waals surface area contributed by atoms with Gasteiger partial charge in [-0.3, -0.25) is 0 Å². The number of unbranched alkanes of at least 4 members (excludes halogenated alkanes) is 13. The second-order valence-corrected chi connectivity index (χ2v) is 11.9. The molecular weight excluding hydrogens is 470 g/mol. The van der Waals surface area contributed by atoms with Crippen molar-refractivity contribution in [1.29, 1.82) is 0 Å². The van der Waals surface area contributed by atoms with Gasteiger partial charge in [-0.15, -0.1) is 11.3 Å². The van der Waals surface area contributed by atoms with Crippen molar-refractivity contribution in [3.63, 3.8) is 0 Å². The van der Waals surface area contributed by atoms with E-state index in [4.69, 9.17) is 9.72 Å². The van der Waals surface area contributed by atoms with Crippen LogP contribution in [0.2, 0.25) is 0 Å². The van der Waals surface area contributed by atoms with E-state index in [0.29, 0.717) is 5.92 Å². The summed E-state index contributed by atoms with van der Waals surface area (Å²) in [6.07, 6.45) is 22.5. The van der Waals surface area contributed by atoms with Crippen molar-refractivity contribution in [2.75, 3.05) is 6.61 Å². The SMILES string of the molecule is CCCCCCCCCCC(Cc1nc2ccccc2s1)c1ccc(OCCCCCCCCC)cc1. The van der Waals surface area contributed by atoms with Crippen LogP contribution < -0.4 is 4.74 Å². The lowest BCUT2D eigenvalue weighted by molar-refractivity contribution is 0.304. The van der Waals surface area contributed by atoms with Crippen LogP contribution in [0.5, 0.6) is 5.75 Å². The Labute approximate surface area is 231 Å². The molecule has 0 saturated heterocycles. The molecule has 3 rings (SSSR count). The zero-order chi connectivity index (χ0) is 26.0. The second-order valence-electron chi connectivity index (χ2n) is 10.8. The molecule has 1 heterocycles. The minimum Gasteiger partial charge on any atom is -0.494 e. The standard InChI is InChI=1S/C34H51NOS/c1-3-5-7-9-11-12-14-16-20-30(28-34-35-32-21-17-18-22-33(32)37-34)29-23-25-31(26-24-29)36-27-19-15-13-10-8-6-4-2/h17-18,21-26,30H,3-16,19-20,27-28H2,1-2H3.